The van der Waals surface area contributed by atoms with Crippen molar-refractivity contribution in [1.29, 1.82) is 0 Å². The molecule has 5 heteroatoms. The first-order valence-electron chi connectivity index (χ1n) is 6.40. The Bertz CT molecular complexity index is 573. The first-order valence-corrected chi connectivity index (χ1v) is 7.28. The Hall–Kier alpha value is -1.88. The highest BCUT2D eigenvalue weighted by Gasteiger charge is 2.18. The molecule has 4 nitrogen and oxygen atoms in total. The highest BCUT2D eigenvalue weighted by molar-refractivity contribution is 7.10. The van der Waals surface area contributed by atoms with Crippen LogP contribution in [0.25, 0.3) is 0 Å². The predicted octanol–water partition coefficient (Wildman–Crippen LogP) is 4.08. The summed E-state index contributed by atoms with van der Waals surface area (Å²) in [4.78, 5) is 17.0. The molecule has 0 aliphatic rings. The molecule has 0 fully saturated rings. The summed E-state index contributed by atoms with van der Waals surface area (Å²) in [7, 11) is 0. The van der Waals surface area contributed by atoms with E-state index in [2.05, 4.69) is 22.4 Å². The second-order valence-corrected chi connectivity index (χ2v) is 6.35. The zero-order valence-corrected chi connectivity index (χ0v) is 12.7. The number of rotatable bonds is 3. The standard InChI is InChI=1S/C15H18N2O2S/c1-15(2,3)19-14(18)17-13-12(20-10-16-13)9-11-7-5-4-6-8-11/h4-8,10H,9H2,1-3H3,(H,17,18). The smallest absolute Gasteiger partial charge is 0.413 e. The molecule has 20 heavy (non-hydrogen) atoms. The predicted molar refractivity (Wildman–Crippen MR) is 81.2 cm³/mol. The van der Waals surface area contributed by atoms with Crippen molar-refractivity contribution in [2.24, 2.45) is 0 Å². The molecule has 0 unspecified atom stereocenters. The summed E-state index contributed by atoms with van der Waals surface area (Å²) in [6.07, 6.45) is 0.272. The fourth-order valence-corrected chi connectivity index (χ4v) is 2.43. The average Bonchev–Trinajstić information content (AvgIpc) is 2.75. The summed E-state index contributed by atoms with van der Waals surface area (Å²) in [6, 6.07) is 10.1. The van der Waals surface area contributed by atoms with E-state index in [-0.39, 0.29) is 0 Å². The van der Waals surface area contributed by atoms with Gasteiger partial charge < -0.3 is 4.74 Å². The van der Waals surface area contributed by atoms with Gasteiger partial charge in [0.25, 0.3) is 0 Å². The van der Waals surface area contributed by atoms with E-state index in [1.54, 1.807) is 5.51 Å². The number of amides is 1. The second-order valence-electron chi connectivity index (χ2n) is 5.41. The molecule has 0 saturated carbocycles. The van der Waals surface area contributed by atoms with Gasteiger partial charge in [0, 0.05) is 6.42 Å². The number of hydrogen-bond acceptors (Lipinski definition) is 4. The zero-order valence-electron chi connectivity index (χ0n) is 11.8. The van der Waals surface area contributed by atoms with Crippen molar-refractivity contribution < 1.29 is 9.53 Å². The molecule has 1 aromatic heterocycles. The fourth-order valence-electron chi connectivity index (χ4n) is 1.68. The van der Waals surface area contributed by atoms with Crippen LogP contribution in [0.2, 0.25) is 0 Å². The first-order chi connectivity index (χ1) is 9.44. The number of hydrogen-bond donors (Lipinski definition) is 1. The maximum Gasteiger partial charge on any atom is 0.413 e. The van der Waals surface area contributed by atoms with Gasteiger partial charge in [0.15, 0.2) is 0 Å². The van der Waals surface area contributed by atoms with Gasteiger partial charge >= 0.3 is 6.09 Å². The van der Waals surface area contributed by atoms with Gasteiger partial charge in [-0.3, -0.25) is 5.32 Å². The molecule has 1 N–H and O–H groups in total. The van der Waals surface area contributed by atoms with Crippen LogP contribution < -0.4 is 5.32 Å². The highest BCUT2D eigenvalue weighted by atomic mass is 32.1. The van der Waals surface area contributed by atoms with Gasteiger partial charge in [0.05, 0.1) is 10.4 Å². The van der Waals surface area contributed by atoms with Gasteiger partial charge in [0.1, 0.15) is 11.4 Å². The number of benzene rings is 1. The van der Waals surface area contributed by atoms with Crippen molar-refractivity contribution in [3.05, 3.63) is 46.3 Å². The Kier molecular flexibility index (Phi) is 4.39. The lowest BCUT2D eigenvalue weighted by molar-refractivity contribution is 0.0635. The van der Waals surface area contributed by atoms with Crippen LogP contribution in [0.3, 0.4) is 0 Å². The minimum atomic E-state index is -0.514. The molecule has 1 aromatic carbocycles. The van der Waals surface area contributed by atoms with Crippen LogP contribution in [0.5, 0.6) is 0 Å². The van der Waals surface area contributed by atoms with E-state index in [9.17, 15) is 4.79 Å². The maximum absolute atomic E-state index is 11.8. The Morgan fingerprint density at radius 2 is 2.00 bits per heavy atom. The summed E-state index contributed by atoms with van der Waals surface area (Å²) < 4.78 is 5.23. The van der Waals surface area contributed by atoms with Gasteiger partial charge in [-0.15, -0.1) is 11.3 Å². The Balaban J connectivity index is 2.04. The molecular formula is C15H18N2O2S. The molecule has 1 amide bonds. The van der Waals surface area contributed by atoms with Gasteiger partial charge in [0.2, 0.25) is 0 Å². The fraction of sp³-hybridized carbons (Fsp3) is 0.333. The van der Waals surface area contributed by atoms with Crippen LogP contribution in [0, 0.1) is 0 Å². The van der Waals surface area contributed by atoms with Crippen molar-refractivity contribution in [1.82, 2.24) is 4.98 Å². The third-order valence-electron chi connectivity index (χ3n) is 2.47. The molecule has 0 aliphatic carbocycles. The number of ether oxygens (including phenoxy) is 1. The molecule has 2 rings (SSSR count). The molecule has 0 radical (unpaired) electrons. The highest BCUT2D eigenvalue weighted by Crippen LogP contribution is 2.23. The first kappa shape index (κ1) is 14.5. The molecule has 0 spiro atoms. The van der Waals surface area contributed by atoms with Crippen LogP contribution in [-0.4, -0.2) is 16.7 Å². The quantitative estimate of drug-likeness (QED) is 0.926. The number of nitrogens with one attached hydrogen (secondary N) is 1. The van der Waals surface area contributed by atoms with Crippen LogP contribution in [-0.2, 0) is 11.2 Å². The third-order valence-corrected chi connectivity index (χ3v) is 3.30. The normalized spacial score (nSPS) is 11.2. The molecule has 106 valence electrons. The minimum Gasteiger partial charge on any atom is -0.444 e. The van der Waals surface area contributed by atoms with E-state index in [1.165, 1.54) is 16.9 Å². The lowest BCUT2D eigenvalue weighted by Crippen LogP contribution is -2.27. The van der Waals surface area contributed by atoms with E-state index in [0.29, 0.717) is 5.82 Å². The molecule has 0 aliphatic heterocycles. The number of aromatic nitrogens is 1. The lowest BCUT2D eigenvalue weighted by Gasteiger charge is -2.19. The van der Waals surface area contributed by atoms with Crippen molar-refractivity contribution in [3.63, 3.8) is 0 Å². The third kappa shape index (κ3) is 4.35. The van der Waals surface area contributed by atoms with Crippen LogP contribution >= 0.6 is 11.3 Å². The number of thiazole rings is 1. The molecular weight excluding hydrogens is 272 g/mol. The van der Waals surface area contributed by atoms with E-state index in [0.717, 1.165) is 11.3 Å². The van der Waals surface area contributed by atoms with E-state index in [1.807, 2.05) is 39.0 Å². The summed E-state index contributed by atoms with van der Waals surface area (Å²) in [5, 5.41) is 2.71. The minimum absolute atomic E-state index is 0.474. The molecule has 0 saturated heterocycles. The number of carbonyl (C=O) groups is 1. The lowest BCUT2D eigenvalue weighted by atomic mass is 10.1. The van der Waals surface area contributed by atoms with Crippen molar-refractivity contribution in [2.45, 2.75) is 32.8 Å². The molecule has 0 atom stereocenters. The number of anilines is 1. The van der Waals surface area contributed by atoms with E-state index < -0.39 is 11.7 Å². The Morgan fingerprint density at radius 3 is 2.65 bits per heavy atom. The summed E-state index contributed by atoms with van der Waals surface area (Å²) >= 11 is 1.52. The van der Waals surface area contributed by atoms with Crippen molar-refractivity contribution >= 4 is 23.2 Å². The van der Waals surface area contributed by atoms with Crippen LogP contribution in [0.1, 0.15) is 31.2 Å². The topological polar surface area (TPSA) is 51.2 Å². The maximum atomic E-state index is 11.8. The molecule has 1 heterocycles. The van der Waals surface area contributed by atoms with Crippen LogP contribution in [0.4, 0.5) is 10.6 Å². The largest absolute Gasteiger partial charge is 0.444 e. The Morgan fingerprint density at radius 1 is 1.30 bits per heavy atom. The Labute approximate surface area is 122 Å². The summed E-state index contributed by atoms with van der Waals surface area (Å²) in [5.74, 6) is 0.577. The second kappa shape index (κ2) is 6.05. The van der Waals surface area contributed by atoms with Gasteiger partial charge in [-0.25, -0.2) is 9.78 Å². The van der Waals surface area contributed by atoms with Crippen LogP contribution in [0.15, 0.2) is 35.8 Å². The molecule has 0 bridgehead atoms. The van der Waals surface area contributed by atoms with Gasteiger partial charge in [-0.1, -0.05) is 30.3 Å². The number of nitrogens with zero attached hydrogens (tertiary/aromatic N) is 1. The van der Waals surface area contributed by atoms with Gasteiger partial charge in [-0.05, 0) is 26.3 Å². The van der Waals surface area contributed by atoms with Crippen molar-refractivity contribution in [3.8, 4) is 0 Å². The summed E-state index contributed by atoms with van der Waals surface area (Å²) in [5.41, 5.74) is 2.40. The number of carbonyl (C=O) groups excluding carboxylic acids is 1. The summed E-state index contributed by atoms with van der Waals surface area (Å²) in [6.45, 7) is 5.50. The zero-order chi connectivity index (χ0) is 14.6. The van der Waals surface area contributed by atoms with Gasteiger partial charge in [-0.2, -0.15) is 0 Å². The SMILES string of the molecule is CC(C)(C)OC(=O)Nc1ncsc1Cc1ccccc1. The molecule has 2 aromatic rings. The monoisotopic (exact) mass is 290 g/mol. The van der Waals surface area contributed by atoms with Crippen molar-refractivity contribution in [2.75, 3.05) is 5.32 Å². The van der Waals surface area contributed by atoms with E-state index >= 15 is 0 Å². The van der Waals surface area contributed by atoms with E-state index in [4.69, 9.17) is 4.74 Å². The average molecular weight is 290 g/mol.